The van der Waals surface area contributed by atoms with Crippen LogP contribution in [-0.2, 0) is 16.0 Å². The third kappa shape index (κ3) is 6.95. The molecule has 0 spiro atoms. The van der Waals surface area contributed by atoms with Crippen molar-refractivity contribution in [3.63, 3.8) is 0 Å². The van der Waals surface area contributed by atoms with Crippen molar-refractivity contribution >= 4 is 56.9 Å². The van der Waals surface area contributed by atoms with E-state index in [1.165, 1.54) is 0 Å². The van der Waals surface area contributed by atoms with Crippen LogP contribution in [0.15, 0.2) is 146 Å². The van der Waals surface area contributed by atoms with E-state index < -0.39 is 0 Å². The second-order valence-corrected chi connectivity index (χ2v) is 10.4. The monoisotopic (exact) mass is 558 g/mol. The van der Waals surface area contributed by atoms with Crippen molar-refractivity contribution in [3.8, 4) is 0 Å². The lowest BCUT2D eigenvalue weighted by atomic mass is 10.0. The molecule has 6 aromatic rings. The molecule has 0 bridgehead atoms. The summed E-state index contributed by atoms with van der Waals surface area (Å²) in [7, 11) is 0. The van der Waals surface area contributed by atoms with E-state index in [4.69, 9.17) is 0 Å². The topological polar surface area (TPSA) is 58.2 Å². The molecule has 6 aromatic carbocycles. The predicted molar refractivity (Wildman–Crippen MR) is 179 cm³/mol. The highest BCUT2D eigenvalue weighted by Gasteiger charge is 2.04. The molecule has 4 nitrogen and oxygen atoms in total. The Hall–Kier alpha value is -5.74. The van der Waals surface area contributed by atoms with Crippen molar-refractivity contribution in [3.05, 3.63) is 168 Å². The van der Waals surface area contributed by atoms with Gasteiger partial charge in [0.15, 0.2) is 0 Å². The number of carbonyl (C=O) groups excluding carboxylic acids is 2. The molecule has 0 saturated heterocycles. The normalized spacial score (nSPS) is 11.3. The lowest BCUT2D eigenvalue weighted by Crippen LogP contribution is -2.08. The minimum Gasteiger partial charge on any atom is -0.323 e. The Kier molecular flexibility index (Phi) is 8.19. The summed E-state index contributed by atoms with van der Waals surface area (Å²) in [6, 6.07) is 44.1. The maximum Gasteiger partial charge on any atom is 0.248 e. The fourth-order valence-electron chi connectivity index (χ4n) is 5.14. The minimum absolute atomic E-state index is 0.176. The highest BCUT2D eigenvalue weighted by Crippen LogP contribution is 2.21. The SMILES string of the molecule is O=C(C=Cc1cccc2ccccc12)Nc1ccc(Cc2ccc(NC(=O)C=Cc3cccc4ccccc34)cc2)cc1. The Morgan fingerprint density at radius 3 is 1.30 bits per heavy atom. The van der Waals surface area contributed by atoms with E-state index in [-0.39, 0.29) is 11.8 Å². The number of benzene rings is 6. The molecule has 4 heteroatoms. The maximum atomic E-state index is 12.5. The van der Waals surface area contributed by atoms with Gasteiger partial charge in [0.1, 0.15) is 0 Å². The highest BCUT2D eigenvalue weighted by atomic mass is 16.2. The van der Waals surface area contributed by atoms with Crippen molar-refractivity contribution in [2.45, 2.75) is 6.42 Å². The number of hydrogen-bond acceptors (Lipinski definition) is 2. The van der Waals surface area contributed by atoms with Crippen LogP contribution in [-0.4, -0.2) is 11.8 Å². The Bertz CT molecular complexity index is 1810. The van der Waals surface area contributed by atoms with E-state index in [1.54, 1.807) is 12.2 Å². The van der Waals surface area contributed by atoms with Gasteiger partial charge in [-0.3, -0.25) is 9.59 Å². The molecule has 0 saturated carbocycles. The number of hydrogen-bond donors (Lipinski definition) is 2. The summed E-state index contributed by atoms with van der Waals surface area (Å²) in [6.07, 6.45) is 7.56. The van der Waals surface area contributed by atoms with Crippen LogP contribution in [0, 0.1) is 0 Å². The zero-order valence-electron chi connectivity index (χ0n) is 23.5. The number of rotatable bonds is 8. The van der Waals surface area contributed by atoms with Gasteiger partial charge in [0.05, 0.1) is 0 Å². The lowest BCUT2D eigenvalue weighted by Gasteiger charge is -2.07. The van der Waals surface area contributed by atoms with Crippen LogP contribution in [0.4, 0.5) is 11.4 Å². The van der Waals surface area contributed by atoms with Crippen molar-refractivity contribution < 1.29 is 9.59 Å². The van der Waals surface area contributed by atoms with Crippen LogP contribution in [0.2, 0.25) is 0 Å². The van der Waals surface area contributed by atoms with Gasteiger partial charge in [0.25, 0.3) is 0 Å². The molecule has 0 aromatic heterocycles. The highest BCUT2D eigenvalue weighted by molar-refractivity contribution is 6.04. The molecular formula is C39H30N2O2. The minimum atomic E-state index is -0.176. The summed E-state index contributed by atoms with van der Waals surface area (Å²) in [5.74, 6) is -0.351. The fourth-order valence-corrected chi connectivity index (χ4v) is 5.14. The molecule has 0 aliphatic carbocycles. The average molecular weight is 559 g/mol. The van der Waals surface area contributed by atoms with Crippen molar-refractivity contribution in [1.29, 1.82) is 0 Å². The molecule has 0 unspecified atom stereocenters. The quantitative estimate of drug-likeness (QED) is 0.183. The predicted octanol–water partition coefficient (Wildman–Crippen LogP) is 8.89. The van der Waals surface area contributed by atoms with E-state index >= 15 is 0 Å². The largest absolute Gasteiger partial charge is 0.323 e. The van der Waals surface area contributed by atoms with Crippen LogP contribution in [0.5, 0.6) is 0 Å². The zero-order chi connectivity index (χ0) is 29.4. The summed E-state index contributed by atoms with van der Waals surface area (Å²) in [6.45, 7) is 0. The Morgan fingerprint density at radius 1 is 0.465 bits per heavy atom. The third-order valence-electron chi connectivity index (χ3n) is 7.33. The second kappa shape index (κ2) is 12.8. The second-order valence-electron chi connectivity index (χ2n) is 10.4. The molecule has 0 aliphatic heterocycles. The molecule has 0 heterocycles. The number of carbonyl (C=O) groups is 2. The summed E-state index contributed by atoms with van der Waals surface area (Å²) in [4.78, 5) is 25.1. The molecular weight excluding hydrogens is 528 g/mol. The first-order valence-corrected chi connectivity index (χ1v) is 14.2. The number of amides is 2. The Balaban J connectivity index is 1.01. The van der Waals surface area contributed by atoms with E-state index in [0.29, 0.717) is 0 Å². The van der Waals surface area contributed by atoms with Crippen LogP contribution >= 0.6 is 0 Å². The van der Waals surface area contributed by atoms with Gasteiger partial charge in [-0.1, -0.05) is 109 Å². The van der Waals surface area contributed by atoms with Gasteiger partial charge in [-0.15, -0.1) is 0 Å². The van der Waals surface area contributed by atoms with Crippen LogP contribution in [0.3, 0.4) is 0 Å². The first-order valence-electron chi connectivity index (χ1n) is 14.2. The van der Waals surface area contributed by atoms with Gasteiger partial charge < -0.3 is 10.6 Å². The van der Waals surface area contributed by atoms with Gasteiger partial charge in [0.2, 0.25) is 11.8 Å². The number of fused-ring (bicyclic) bond motifs is 2. The fraction of sp³-hybridized carbons (Fsp3) is 0.0256. The van der Waals surface area contributed by atoms with Crippen molar-refractivity contribution in [2.75, 3.05) is 10.6 Å². The average Bonchev–Trinajstić information content (AvgIpc) is 3.04. The Morgan fingerprint density at radius 2 is 0.860 bits per heavy atom. The molecule has 208 valence electrons. The van der Waals surface area contributed by atoms with Crippen LogP contribution in [0.25, 0.3) is 33.7 Å². The van der Waals surface area contributed by atoms with E-state index in [2.05, 4.69) is 47.0 Å². The summed E-state index contributed by atoms with van der Waals surface area (Å²) in [5, 5.41) is 10.4. The molecule has 0 fully saturated rings. The van der Waals surface area contributed by atoms with E-state index in [0.717, 1.165) is 61.6 Å². The molecule has 43 heavy (non-hydrogen) atoms. The standard InChI is InChI=1S/C39H30N2O2/c42-38(25-19-32-11-5-9-30-7-1-3-13-36(30)32)40-34-21-15-28(16-22-34)27-29-17-23-35(24-18-29)41-39(43)26-20-33-12-6-10-31-8-2-4-14-37(31)33/h1-26H,27H2,(H,40,42)(H,41,43). The van der Waals surface area contributed by atoms with Gasteiger partial charge >= 0.3 is 0 Å². The molecule has 2 N–H and O–H groups in total. The van der Waals surface area contributed by atoms with Crippen molar-refractivity contribution in [2.24, 2.45) is 0 Å². The third-order valence-corrected chi connectivity index (χ3v) is 7.33. The van der Waals surface area contributed by atoms with Crippen LogP contribution in [0.1, 0.15) is 22.3 Å². The smallest absolute Gasteiger partial charge is 0.248 e. The lowest BCUT2D eigenvalue weighted by molar-refractivity contribution is -0.112. The molecule has 0 atom stereocenters. The van der Waals surface area contributed by atoms with Gasteiger partial charge in [0, 0.05) is 23.5 Å². The van der Waals surface area contributed by atoms with Gasteiger partial charge in [-0.2, -0.15) is 0 Å². The molecule has 2 amide bonds. The Labute approximate surface area is 251 Å². The summed E-state index contributed by atoms with van der Waals surface area (Å²) >= 11 is 0. The molecule has 6 rings (SSSR count). The van der Waals surface area contributed by atoms with Crippen molar-refractivity contribution in [1.82, 2.24) is 0 Å². The van der Waals surface area contributed by atoms with E-state index in [9.17, 15) is 9.59 Å². The molecule has 0 radical (unpaired) electrons. The van der Waals surface area contributed by atoms with Gasteiger partial charge in [-0.25, -0.2) is 0 Å². The zero-order valence-corrected chi connectivity index (χ0v) is 23.5. The number of nitrogens with one attached hydrogen (secondary N) is 2. The van der Waals surface area contributed by atoms with E-state index in [1.807, 2.05) is 109 Å². The maximum absolute atomic E-state index is 12.5. The van der Waals surface area contributed by atoms with Gasteiger partial charge in [-0.05, 0) is 86.6 Å². The number of anilines is 2. The summed E-state index contributed by atoms with van der Waals surface area (Å²) in [5.41, 5.74) is 5.74. The molecule has 0 aliphatic rings. The first-order chi connectivity index (χ1) is 21.1. The first kappa shape index (κ1) is 27.4. The van der Waals surface area contributed by atoms with Crippen LogP contribution < -0.4 is 10.6 Å². The summed E-state index contributed by atoms with van der Waals surface area (Å²) < 4.78 is 0.